The maximum atomic E-state index is 14.9. The molecule has 3 aromatic rings. The predicted molar refractivity (Wildman–Crippen MR) is 129 cm³/mol. The lowest BCUT2D eigenvalue weighted by atomic mass is 9.89. The van der Waals surface area contributed by atoms with Gasteiger partial charge >= 0.3 is 0 Å². The van der Waals surface area contributed by atoms with Crippen molar-refractivity contribution in [3.8, 4) is 11.3 Å². The average Bonchev–Trinajstić information content (AvgIpc) is 3.59. The van der Waals surface area contributed by atoms with Gasteiger partial charge in [0.05, 0.1) is 42.3 Å². The van der Waals surface area contributed by atoms with E-state index in [0.29, 0.717) is 42.4 Å². The molecular weight excluding hydrogens is 468 g/mol. The summed E-state index contributed by atoms with van der Waals surface area (Å²) < 4.78 is 41.4. The molecule has 0 amide bonds. The second-order valence-corrected chi connectivity index (χ2v) is 9.42. The highest BCUT2D eigenvalue weighted by molar-refractivity contribution is 5.80. The van der Waals surface area contributed by atoms with Crippen LogP contribution in [0, 0.1) is 11.6 Å². The average molecular weight is 494 g/mol. The lowest BCUT2D eigenvalue weighted by Gasteiger charge is -2.30. The number of rotatable bonds is 5. The molecule has 1 aliphatic carbocycles. The smallest absolute Gasteiger partial charge is 0.263 e. The second kappa shape index (κ2) is 9.18. The van der Waals surface area contributed by atoms with Gasteiger partial charge < -0.3 is 15.2 Å². The van der Waals surface area contributed by atoms with Crippen LogP contribution >= 0.6 is 0 Å². The first-order valence-electron chi connectivity index (χ1n) is 12.1. The molecule has 36 heavy (non-hydrogen) atoms. The number of hydrogen-bond donors (Lipinski definition) is 1. The maximum Gasteiger partial charge on any atom is 0.263 e. The summed E-state index contributed by atoms with van der Waals surface area (Å²) in [5.41, 5.74) is 8.46. The van der Waals surface area contributed by atoms with Gasteiger partial charge in [-0.2, -0.15) is 0 Å². The van der Waals surface area contributed by atoms with E-state index >= 15 is 0 Å². The van der Waals surface area contributed by atoms with Gasteiger partial charge in [-0.05, 0) is 37.8 Å². The Bertz CT molecular complexity index is 1460. The fourth-order valence-corrected chi connectivity index (χ4v) is 4.76. The molecule has 2 aliphatic heterocycles. The molecule has 8 nitrogen and oxygen atoms in total. The zero-order valence-electron chi connectivity index (χ0n) is 19.5. The number of aromatic nitrogens is 3. The molecule has 1 saturated heterocycles. The van der Waals surface area contributed by atoms with Crippen molar-refractivity contribution in [3.05, 3.63) is 75.1 Å². The standard InChI is InChI=1S/C26H25F2N5O3/c27-16-1-4-18(20(28)8-16)24-25-32-22-13-35-12-19(22)26(34)33(25)11-21(31-24)14-5-6-36-23(7-14)15(9-29)10-30-17-2-3-17/h1,4,8-11,14,17,23H,2-3,5-7,12-13,29H2/b15-9+,30-10?. The van der Waals surface area contributed by atoms with Crippen molar-refractivity contribution in [1.29, 1.82) is 0 Å². The Hall–Kier alpha value is -3.50. The van der Waals surface area contributed by atoms with Gasteiger partial charge in [-0.15, -0.1) is 0 Å². The van der Waals surface area contributed by atoms with Crippen LogP contribution in [0.25, 0.3) is 16.9 Å². The summed E-state index contributed by atoms with van der Waals surface area (Å²) >= 11 is 0. The zero-order valence-corrected chi connectivity index (χ0v) is 19.5. The molecule has 186 valence electrons. The minimum atomic E-state index is -0.776. The van der Waals surface area contributed by atoms with Crippen LogP contribution in [-0.2, 0) is 22.7 Å². The van der Waals surface area contributed by atoms with Crippen LogP contribution in [0.4, 0.5) is 8.78 Å². The molecule has 6 rings (SSSR count). The number of halogens is 2. The molecule has 2 fully saturated rings. The van der Waals surface area contributed by atoms with E-state index in [9.17, 15) is 13.6 Å². The van der Waals surface area contributed by atoms with Crippen molar-refractivity contribution in [1.82, 2.24) is 14.4 Å². The number of nitrogens with zero attached hydrogens (tertiary/aromatic N) is 4. The molecule has 0 spiro atoms. The van der Waals surface area contributed by atoms with Crippen molar-refractivity contribution < 1.29 is 18.3 Å². The van der Waals surface area contributed by atoms with Gasteiger partial charge in [0.15, 0.2) is 5.65 Å². The highest BCUT2D eigenvalue weighted by Crippen LogP contribution is 2.34. The third-order valence-corrected chi connectivity index (χ3v) is 6.93. The van der Waals surface area contributed by atoms with Gasteiger partial charge in [0.25, 0.3) is 5.56 Å². The molecule has 2 aromatic heterocycles. The molecule has 2 unspecified atom stereocenters. The Morgan fingerprint density at radius 2 is 2.06 bits per heavy atom. The minimum Gasteiger partial charge on any atom is -0.404 e. The van der Waals surface area contributed by atoms with Crippen molar-refractivity contribution in [2.45, 2.75) is 57.0 Å². The Kier molecular flexibility index (Phi) is 5.85. The first-order valence-corrected chi connectivity index (χ1v) is 12.1. The molecule has 4 heterocycles. The summed E-state index contributed by atoms with van der Waals surface area (Å²) in [5, 5.41) is 0. The number of hydrogen-bond acceptors (Lipinski definition) is 7. The van der Waals surface area contributed by atoms with E-state index in [1.54, 1.807) is 12.4 Å². The molecule has 10 heteroatoms. The fourth-order valence-electron chi connectivity index (χ4n) is 4.76. The maximum absolute atomic E-state index is 14.9. The van der Waals surface area contributed by atoms with Crippen molar-refractivity contribution in [2.75, 3.05) is 6.61 Å². The normalized spacial score (nSPS) is 22.4. The fraction of sp³-hybridized carbons (Fsp3) is 0.385. The highest BCUT2D eigenvalue weighted by atomic mass is 19.1. The molecule has 3 aliphatic rings. The number of nitrogens with two attached hydrogens (primary N) is 1. The molecule has 2 atom stereocenters. The Balaban J connectivity index is 1.45. The quantitative estimate of drug-likeness (QED) is 0.547. The van der Waals surface area contributed by atoms with Gasteiger partial charge in [-0.25, -0.2) is 18.7 Å². The Labute approximate surface area is 205 Å². The molecule has 1 saturated carbocycles. The van der Waals surface area contributed by atoms with Gasteiger partial charge in [-0.1, -0.05) is 0 Å². The number of ether oxygens (including phenoxy) is 2. The minimum absolute atomic E-state index is 0.0734. The van der Waals surface area contributed by atoms with E-state index < -0.39 is 11.6 Å². The molecule has 0 radical (unpaired) electrons. The van der Waals surface area contributed by atoms with E-state index in [1.807, 2.05) is 0 Å². The summed E-state index contributed by atoms with van der Waals surface area (Å²) in [5.74, 6) is -1.56. The van der Waals surface area contributed by atoms with Crippen molar-refractivity contribution in [3.63, 3.8) is 0 Å². The van der Waals surface area contributed by atoms with Crippen molar-refractivity contribution >= 4 is 11.9 Å². The van der Waals surface area contributed by atoms with Gasteiger partial charge in [-0.3, -0.25) is 14.2 Å². The lowest BCUT2D eigenvalue weighted by Crippen LogP contribution is -2.29. The molecule has 2 N–H and O–H groups in total. The van der Waals surface area contributed by atoms with Crippen LogP contribution in [0.5, 0.6) is 0 Å². The van der Waals surface area contributed by atoms with Crippen LogP contribution in [0.3, 0.4) is 0 Å². The summed E-state index contributed by atoms with van der Waals surface area (Å²) in [6.45, 7) is 0.841. The van der Waals surface area contributed by atoms with E-state index in [0.717, 1.165) is 24.5 Å². The van der Waals surface area contributed by atoms with Gasteiger partial charge in [0, 0.05) is 48.3 Å². The second-order valence-electron chi connectivity index (χ2n) is 9.42. The number of fused-ring (bicyclic) bond motifs is 2. The first-order chi connectivity index (χ1) is 17.5. The van der Waals surface area contributed by atoms with Crippen molar-refractivity contribution in [2.24, 2.45) is 10.7 Å². The monoisotopic (exact) mass is 493 g/mol. The molecule has 0 bridgehead atoms. The predicted octanol–water partition coefficient (Wildman–Crippen LogP) is 3.40. The molecular formula is C26H25F2N5O3. The van der Waals surface area contributed by atoms with Crippen LogP contribution in [0.15, 0.2) is 46.0 Å². The van der Waals surface area contributed by atoms with Crippen LogP contribution < -0.4 is 11.3 Å². The lowest BCUT2D eigenvalue weighted by molar-refractivity contribution is 0.0320. The Morgan fingerprint density at radius 1 is 1.19 bits per heavy atom. The summed E-state index contributed by atoms with van der Waals surface area (Å²) in [7, 11) is 0. The highest BCUT2D eigenvalue weighted by Gasteiger charge is 2.30. The van der Waals surface area contributed by atoms with Gasteiger partial charge in [0.2, 0.25) is 0 Å². The van der Waals surface area contributed by atoms with Crippen LogP contribution in [0.1, 0.15) is 48.6 Å². The summed E-state index contributed by atoms with van der Waals surface area (Å²) in [6.07, 6.45) is 8.11. The van der Waals surface area contributed by atoms with E-state index in [-0.39, 0.29) is 47.7 Å². The van der Waals surface area contributed by atoms with Gasteiger partial charge in [0.1, 0.15) is 17.3 Å². The first kappa shape index (κ1) is 22.9. The summed E-state index contributed by atoms with van der Waals surface area (Å²) in [6, 6.07) is 3.65. The van der Waals surface area contributed by atoms with Crippen LogP contribution in [-0.4, -0.2) is 39.3 Å². The topological polar surface area (TPSA) is 104 Å². The van der Waals surface area contributed by atoms with E-state index in [2.05, 4.69) is 9.98 Å². The summed E-state index contributed by atoms with van der Waals surface area (Å²) in [4.78, 5) is 27.3. The number of aliphatic imine (C=N–C) groups is 1. The third-order valence-electron chi connectivity index (χ3n) is 6.93. The Morgan fingerprint density at radius 3 is 2.83 bits per heavy atom. The number of benzene rings is 1. The molecule has 1 aromatic carbocycles. The van der Waals surface area contributed by atoms with Crippen LogP contribution in [0.2, 0.25) is 0 Å². The third kappa shape index (κ3) is 4.20. The zero-order chi connectivity index (χ0) is 24.8. The van der Waals surface area contributed by atoms with E-state index in [4.69, 9.17) is 20.2 Å². The SMILES string of the molecule is N/C=C(\C=NC1CC1)C1CC(c2cn3c(=O)c4c(nc3c(-c3ccc(F)cc3F)n2)COC4)CCO1. The van der Waals surface area contributed by atoms with E-state index in [1.165, 1.54) is 22.7 Å². The largest absolute Gasteiger partial charge is 0.404 e.